The molecule has 13 heteroatoms. The maximum Gasteiger partial charge on any atom is 1.00 e. The van der Waals surface area contributed by atoms with E-state index in [9.17, 15) is 24.1 Å². The first-order valence-corrected chi connectivity index (χ1v) is 5.45. The van der Waals surface area contributed by atoms with Crippen LogP contribution in [0.3, 0.4) is 0 Å². The normalized spacial score (nSPS) is 13.2. The smallest absolute Gasteiger partial charge is 1.00 e. The second-order valence-electron chi connectivity index (χ2n) is 3.04. The van der Waals surface area contributed by atoms with Gasteiger partial charge in [-0.2, -0.15) is 0 Å². The van der Waals surface area contributed by atoms with Gasteiger partial charge < -0.3 is 21.3 Å². The van der Waals surface area contributed by atoms with E-state index >= 15 is 0 Å². The standard InChI is InChI=1S/C6H9O10P.Fe.Li.H/c7-3(8)1-6(12,5(10)11)2-4(9)16-17(13,14)15;;;/h12H,1-2H2,(H,7,8)(H,10,11)(H2,13,14,15);;;/q;;+1;-1. The molecule has 1 unspecified atom stereocenters. The van der Waals surface area contributed by atoms with Crippen molar-refractivity contribution in [3.05, 3.63) is 0 Å². The number of rotatable bonds is 6. The SMILES string of the molecule is O=C(O)CC(O)(CC(=O)OP(=O)(O)O)C(=O)O.[Fe].[H-].[Li+]. The van der Waals surface area contributed by atoms with Crippen LogP contribution in [-0.2, 0) is 40.5 Å². The summed E-state index contributed by atoms with van der Waals surface area (Å²) in [6.07, 6.45) is -2.72. The van der Waals surface area contributed by atoms with Crippen molar-refractivity contribution in [1.29, 1.82) is 0 Å². The van der Waals surface area contributed by atoms with Gasteiger partial charge in [0.25, 0.3) is 0 Å². The first-order valence-electron chi connectivity index (χ1n) is 3.92. The van der Waals surface area contributed by atoms with Crippen LogP contribution in [0.15, 0.2) is 0 Å². The topological polar surface area (TPSA) is 179 Å². The Morgan fingerprint density at radius 2 is 1.58 bits per heavy atom. The first kappa shape index (κ1) is 23.7. The van der Waals surface area contributed by atoms with Crippen LogP contribution >= 0.6 is 7.82 Å². The van der Waals surface area contributed by atoms with E-state index in [0.29, 0.717) is 0 Å². The molecule has 0 bridgehead atoms. The van der Waals surface area contributed by atoms with E-state index in [1.165, 1.54) is 0 Å². The minimum atomic E-state index is -5.17. The zero-order valence-electron chi connectivity index (χ0n) is 10.5. The summed E-state index contributed by atoms with van der Waals surface area (Å²) in [6, 6.07) is 0. The summed E-state index contributed by atoms with van der Waals surface area (Å²) >= 11 is 0. The zero-order valence-corrected chi connectivity index (χ0v) is 11.5. The number of carboxylic acids is 2. The molecule has 1 atom stereocenters. The Labute approximate surface area is 130 Å². The number of aliphatic hydroxyl groups is 1. The van der Waals surface area contributed by atoms with Gasteiger partial charge in [-0.05, 0) is 0 Å². The van der Waals surface area contributed by atoms with Crippen LogP contribution < -0.4 is 18.9 Å². The molecule has 0 saturated heterocycles. The van der Waals surface area contributed by atoms with Gasteiger partial charge in [0.1, 0.15) is 0 Å². The van der Waals surface area contributed by atoms with Gasteiger partial charge in [-0.25, -0.2) is 9.36 Å². The van der Waals surface area contributed by atoms with Crippen molar-refractivity contribution in [1.82, 2.24) is 0 Å². The fourth-order valence-corrected chi connectivity index (χ4v) is 1.20. The quantitative estimate of drug-likeness (QED) is 0.234. The molecule has 0 saturated carbocycles. The summed E-state index contributed by atoms with van der Waals surface area (Å²) in [5.74, 6) is -5.47. The number of hydrogen-bond donors (Lipinski definition) is 5. The number of aliphatic carboxylic acids is 2. The number of phosphoric ester groups is 1. The molecule has 0 amide bonds. The van der Waals surface area contributed by atoms with Crippen LogP contribution in [-0.4, -0.2) is 48.6 Å². The maximum atomic E-state index is 10.8. The van der Waals surface area contributed by atoms with Crippen LogP contribution in [0, 0.1) is 0 Å². The molecule has 19 heavy (non-hydrogen) atoms. The predicted octanol–water partition coefficient (Wildman–Crippen LogP) is -4.58. The molecular weight excluding hydrogens is 326 g/mol. The second kappa shape index (κ2) is 8.74. The largest absolute Gasteiger partial charge is 1.00 e. The molecule has 0 rings (SSSR count). The molecule has 10 nitrogen and oxygen atoms in total. The monoisotopic (exact) mass is 336 g/mol. The number of hydrogen-bond acceptors (Lipinski definition) is 6. The minimum Gasteiger partial charge on any atom is -1.00 e. The molecule has 0 aromatic heterocycles. The molecule has 0 aliphatic heterocycles. The molecule has 0 aromatic carbocycles. The fraction of sp³-hybridized carbons (Fsp3) is 0.500. The van der Waals surface area contributed by atoms with Gasteiger partial charge in [-0.15, -0.1) is 0 Å². The summed E-state index contributed by atoms with van der Waals surface area (Å²) in [6.45, 7) is 0. The summed E-state index contributed by atoms with van der Waals surface area (Å²) in [5, 5.41) is 26.1. The number of carbonyl (C=O) groups excluding carboxylic acids is 1. The molecule has 0 aliphatic carbocycles. The summed E-state index contributed by atoms with van der Waals surface area (Å²) < 4.78 is 13.7. The number of carboxylic acid groups (broad SMARTS) is 2. The Balaban J connectivity index is -0.000000427. The molecule has 108 valence electrons. The van der Waals surface area contributed by atoms with Crippen molar-refractivity contribution in [3.8, 4) is 0 Å². The molecular formula is C6H10FeLiO10P. The number of carbonyl (C=O) groups is 3. The molecule has 0 radical (unpaired) electrons. The van der Waals surface area contributed by atoms with E-state index in [0.717, 1.165) is 0 Å². The van der Waals surface area contributed by atoms with Crippen LogP contribution in [0.1, 0.15) is 14.3 Å². The Bertz CT molecular complexity index is 399. The average molecular weight is 336 g/mol. The van der Waals surface area contributed by atoms with E-state index in [4.69, 9.17) is 20.0 Å². The third-order valence-corrected chi connectivity index (χ3v) is 1.94. The van der Waals surface area contributed by atoms with Gasteiger partial charge in [-0.3, -0.25) is 19.4 Å². The summed E-state index contributed by atoms with van der Waals surface area (Å²) in [7, 11) is -5.17. The Morgan fingerprint density at radius 1 is 1.16 bits per heavy atom. The first-order chi connectivity index (χ1) is 7.46. The van der Waals surface area contributed by atoms with Gasteiger partial charge in [0.15, 0.2) is 5.60 Å². The Hall–Kier alpha value is -0.363. The van der Waals surface area contributed by atoms with E-state index in [-0.39, 0.29) is 37.4 Å². The average Bonchev–Trinajstić information content (AvgIpc) is 1.96. The molecule has 0 heterocycles. The predicted molar refractivity (Wildman–Crippen MR) is 48.7 cm³/mol. The van der Waals surface area contributed by atoms with E-state index in [2.05, 4.69) is 4.52 Å². The number of phosphoric acid groups is 1. The molecule has 0 spiro atoms. The maximum absolute atomic E-state index is 10.8. The zero-order chi connectivity index (χ0) is 13.9. The fourth-order valence-electron chi connectivity index (χ4n) is 0.868. The van der Waals surface area contributed by atoms with E-state index in [1.54, 1.807) is 0 Å². The van der Waals surface area contributed by atoms with Crippen LogP contribution in [0.2, 0.25) is 0 Å². The van der Waals surface area contributed by atoms with Gasteiger partial charge in [-0.1, -0.05) is 0 Å². The third-order valence-electron chi connectivity index (χ3n) is 1.50. The summed E-state index contributed by atoms with van der Waals surface area (Å²) in [5.41, 5.74) is -2.99. The van der Waals surface area contributed by atoms with Crippen LogP contribution in [0.4, 0.5) is 0 Å². The van der Waals surface area contributed by atoms with Crippen molar-refractivity contribution in [2.24, 2.45) is 0 Å². The van der Waals surface area contributed by atoms with E-state index in [1.807, 2.05) is 0 Å². The van der Waals surface area contributed by atoms with E-state index < -0.39 is 44.2 Å². The molecule has 0 aliphatic rings. The third kappa shape index (κ3) is 10.1. The minimum absolute atomic E-state index is 0. The Kier molecular flexibility index (Phi) is 10.9. The summed E-state index contributed by atoms with van der Waals surface area (Å²) in [4.78, 5) is 48.1. The van der Waals surface area contributed by atoms with Crippen LogP contribution in [0.25, 0.3) is 0 Å². The van der Waals surface area contributed by atoms with Crippen molar-refractivity contribution in [2.75, 3.05) is 0 Å². The van der Waals surface area contributed by atoms with Crippen molar-refractivity contribution in [3.63, 3.8) is 0 Å². The van der Waals surface area contributed by atoms with Gasteiger partial charge >= 0.3 is 44.6 Å². The van der Waals surface area contributed by atoms with Crippen LogP contribution in [0.5, 0.6) is 0 Å². The molecule has 0 fully saturated rings. The van der Waals surface area contributed by atoms with Gasteiger partial charge in [0, 0.05) is 17.1 Å². The Morgan fingerprint density at radius 3 is 1.84 bits per heavy atom. The molecule has 5 N–H and O–H groups in total. The van der Waals surface area contributed by atoms with Crippen molar-refractivity contribution in [2.45, 2.75) is 18.4 Å². The van der Waals surface area contributed by atoms with Crippen molar-refractivity contribution >= 4 is 25.7 Å². The second-order valence-corrected chi connectivity index (χ2v) is 4.20. The van der Waals surface area contributed by atoms with Gasteiger partial charge in [0.05, 0.1) is 12.8 Å². The molecule has 0 aromatic rings. The van der Waals surface area contributed by atoms with Crippen molar-refractivity contribution < 1.29 is 85.9 Å². The van der Waals surface area contributed by atoms with Gasteiger partial charge in [0.2, 0.25) is 0 Å².